The Kier molecular flexibility index (Phi) is 4.20. The number of hydrogen-bond donors (Lipinski definition) is 0. The summed E-state index contributed by atoms with van der Waals surface area (Å²) in [6, 6.07) is 10.9. The Hall–Kier alpha value is -2.14. The number of methoxy groups -OCH3 is 1. The van der Waals surface area contributed by atoms with Gasteiger partial charge in [-0.3, -0.25) is 4.79 Å². The smallest absolute Gasteiger partial charge is 0.337 e. The second kappa shape index (κ2) is 5.88. The SMILES string of the molecule is COC(=O)c1ccc(-c2ccc(C(=O)N(C)C)s2)cc1. The molecule has 0 bridgehead atoms. The highest BCUT2D eigenvalue weighted by molar-refractivity contribution is 7.17. The lowest BCUT2D eigenvalue weighted by Crippen LogP contribution is -2.20. The predicted octanol–water partition coefficient (Wildman–Crippen LogP) is 2.90. The van der Waals surface area contributed by atoms with E-state index in [0.717, 1.165) is 10.4 Å². The van der Waals surface area contributed by atoms with E-state index >= 15 is 0 Å². The molecular weight excluding hydrogens is 274 g/mol. The molecule has 0 atom stereocenters. The molecule has 0 N–H and O–H groups in total. The topological polar surface area (TPSA) is 46.6 Å². The van der Waals surface area contributed by atoms with Crippen LogP contribution >= 0.6 is 11.3 Å². The van der Waals surface area contributed by atoms with Crippen LogP contribution in [0, 0.1) is 0 Å². The Labute approximate surface area is 121 Å². The largest absolute Gasteiger partial charge is 0.465 e. The Morgan fingerprint density at radius 3 is 2.25 bits per heavy atom. The van der Waals surface area contributed by atoms with E-state index < -0.39 is 0 Å². The van der Waals surface area contributed by atoms with Gasteiger partial charge in [0.25, 0.3) is 5.91 Å². The van der Waals surface area contributed by atoms with Gasteiger partial charge in [0.15, 0.2) is 0 Å². The maximum absolute atomic E-state index is 11.8. The molecule has 4 nitrogen and oxygen atoms in total. The first kappa shape index (κ1) is 14.3. The average molecular weight is 289 g/mol. The van der Waals surface area contributed by atoms with E-state index in [1.54, 1.807) is 31.1 Å². The number of ether oxygens (including phenoxy) is 1. The highest BCUT2D eigenvalue weighted by Crippen LogP contribution is 2.28. The minimum Gasteiger partial charge on any atom is -0.465 e. The van der Waals surface area contributed by atoms with E-state index in [1.165, 1.54) is 18.4 Å². The molecule has 0 spiro atoms. The van der Waals surface area contributed by atoms with E-state index in [2.05, 4.69) is 4.74 Å². The van der Waals surface area contributed by atoms with Crippen LogP contribution in [0.2, 0.25) is 0 Å². The van der Waals surface area contributed by atoms with Crippen molar-refractivity contribution in [3.05, 3.63) is 46.8 Å². The molecule has 1 heterocycles. The van der Waals surface area contributed by atoms with E-state index in [-0.39, 0.29) is 11.9 Å². The first-order valence-corrected chi connectivity index (χ1v) is 6.85. The molecule has 5 heteroatoms. The highest BCUT2D eigenvalue weighted by Gasteiger charge is 2.12. The van der Waals surface area contributed by atoms with Gasteiger partial charge in [-0.05, 0) is 29.8 Å². The zero-order valence-electron chi connectivity index (χ0n) is 11.5. The molecule has 0 aliphatic carbocycles. The van der Waals surface area contributed by atoms with E-state index in [0.29, 0.717) is 10.4 Å². The average Bonchev–Trinajstić information content (AvgIpc) is 2.95. The van der Waals surface area contributed by atoms with Gasteiger partial charge in [0.05, 0.1) is 17.6 Å². The van der Waals surface area contributed by atoms with Crippen LogP contribution < -0.4 is 0 Å². The minimum absolute atomic E-state index is 0.00701. The fraction of sp³-hybridized carbons (Fsp3) is 0.200. The van der Waals surface area contributed by atoms with Gasteiger partial charge in [0.2, 0.25) is 0 Å². The molecule has 1 aromatic heterocycles. The van der Waals surface area contributed by atoms with Crippen molar-refractivity contribution in [1.82, 2.24) is 4.90 Å². The van der Waals surface area contributed by atoms with Crippen LogP contribution in [0.4, 0.5) is 0 Å². The van der Waals surface area contributed by atoms with Gasteiger partial charge < -0.3 is 9.64 Å². The summed E-state index contributed by atoms with van der Waals surface area (Å²) < 4.78 is 4.66. The Morgan fingerprint density at radius 2 is 1.70 bits per heavy atom. The number of amides is 1. The van der Waals surface area contributed by atoms with Crippen molar-refractivity contribution >= 4 is 23.2 Å². The highest BCUT2D eigenvalue weighted by atomic mass is 32.1. The van der Waals surface area contributed by atoms with Crippen molar-refractivity contribution in [2.45, 2.75) is 0 Å². The summed E-state index contributed by atoms with van der Waals surface area (Å²) in [6.45, 7) is 0. The fourth-order valence-corrected chi connectivity index (χ4v) is 2.75. The maximum Gasteiger partial charge on any atom is 0.337 e. The van der Waals surface area contributed by atoms with Gasteiger partial charge in [-0.2, -0.15) is 0 Å². The molecule has 1 aromatic carbocycles. The second-order valence-corrected chi connectivity index (χ2v) is 5.52. The van der Waals surface area contributed by atoms with Gasteiger partial charge >= 0.3 is 5.97 Å². The van der Waals surface area contributed by atoms with Crippen LogP contribution in [0.15, 0.2) is 36.4 Å². The first-order valence-electron chi connectivity index (χ1n) is 6.03. The maximum atomic E-state index is 11.8. The normalized spacial score (nSPS) is 10.2. The first-order chi connectivity index (χ1) is 9.52. The van der Waals surface area contributed by atoms with Gasteiger partial charge in [0.1, 0.15) is 0 Å². The zero-order valence-corrected chi connectivity index (χ0v) is 12.4. The molecule has 0 unspecified atom stereocenters. The van der Waals surface area contributed by atoms with Gasteiger partial charge in [-0.25, -0.2) is 4.79 Å². The molecule has 1 amide bonds. The van der Waals surface area contributed by atoms with Crippen molar-refractivity contribution in [1.29, 1.82) is 0 Å². The van der Waals surface area contributed by atoms with Crippen LogP contribution in [0.1, 0.15) is 20.0 Å². The number of rotatable bonds is 3. The number of carbonyl (C=O) groups is 2. The van der Waals surface area contributed by atoms with Crippen LogP contribution in [-0.2, 0) is 4.74 Å². The summed E-state index contributed by atoms with van der Waals surface area (Å²) in [6.07, 6.45) is 0. The molecule has 0 aliphatic rings. The summed E-state index contributed by atoms with van der Waals surface area (Å²) in [4.78, 5) is 26.4. The van der Waals surface area contributed by atoms with Crippen LogP contribution in [0.5, 0.6) is 0 Å². The molecule has 0 radical (unpaired) electrons. The molecule has 0 saturated heterocycles. The molecule has 2 rings (SSSR count). The molecular formula is C15H15NO3S. The number of benzene rings is 1. The monoisotopic (exact) mass is 289 g/mol. The molecule has 20 heavy (non-hydrogen) atoms. The fourth-order valence-electron chi connectivity index (χ4n) is 1.72. The predicted molar refractivity (Wildman–Crippen MR) is 79.1 cm³/mol. The summed E-state index contributed by atoms with van der Waals surface area (Å²) in [5.41, 5.74) is 1.48. The van der Waals surface area contributed by atoms with Gasteiger partial charge in [-0.15, -0.1) is 11.3 Å². The summed E-state index contributed by atoms with van der Waals surface area (Å²) in [7, 11) is 4.81. The number of esters is 1. The van der Waals surface area contributed by atoms with E-state index in [9.17, 15) is 9.59 Å². The summed E-state index contributed by atoms with van der Waals surface area (Å²) >= 11 is 1.44. The number of nitrogens with zero attached hydrogens (tertiary/aromatic N) is 1. The summed E-state index contributed by atoms with van der Waals surface area (Å²) in [5.74, 6) is -0.362. The van der Waals surface area contributed by atoms with Gasteiger partial charge in [0, 0.05) is 19.0 Å². The van der Waals surface area contributed by atoms with E-state index in [4.69, 9.17) is 0 Å². The zero-order chi connectivity index (χ0) is 14.7. The number of thiophene rings is 1. The third kappa shape index (κ3) is 2.88. The second-order valence-electron chi connectivity index (χ2n) is 4.43. The van der Waals surface area contributed by atoms with Crippen LogP contribution in [0.3, 0.4) is 0 Å². The minimum atomic E-state index is -0.355. The van der Waals surface area contributed by atoms with Crippen LogP contribution in [0.25, 0.3) is 10.4 Å². The molecule has 2 aromatic rings. The number of hydrogen-bond acceptors (Lipinski definition) is 4. The van der Waals surface area contributed by atoms with Gasteiger partial charge in [-0.1, -0.05) is 12.1 Å². The lowest BCUT2D eigenvalue weighted by Gasteiger charge is -2.07. The lowest BCUT2D eigenvalue weighted by molar-refractivity contribution is 0.0600. The van der Waals surface area contributed by atoms with Crippen molar-refractivity contribution in [3.63, 3.8) is 0 Å². The molecule has 0 saturated carbocycles. The van der Waals surface area contributed by atoms with Crippen molar-refractivity contribution in [2.24, 2.45) is 0 Å². The van der Waals surface area contributed by atoms with E-state index in [1.807, 2.05) is 24.3 Å². The Morgan fingerprint density at radius 1 is 1.05 bits per heavy atom. The standard InChI is InChI=1S/C15H15NO3S/c1-16(2)14(17)13-9-8-12(20-13)10-4-6-11(7-5-10)15(18)19-3/h4-9H,1-3H3. The third-order valence-electron chi connectivity index (χ3n) is 2.81. The van der Waals surface area contributed by atoms with Crippen molar-refractivity contribution in [3.8, 4) is 10.4 Å². The molecule has 0 fully saturated rings. The van der Waals surface area contributed by atoms with Crippen molar-refractivity contribution < 1.29 is 14.3 Å². The van der Waals surface area contributed by atoms with Crippen molar-refractivity contribution in [2.75, 3.05) is 21.2 Å². The third-order valence-corrected chi connectivity index (χ3v) is 3.94. The molecule has 104 valence electrons. The molecule has 0 aliphatic heterocycles. The Balaban J connectivity index is 2.24. The summed E-state index contributed by atoms with van der Waals surface area (Å²) in [5, 5.41) is 0. The van der Waals surface area contributed by atoms with Crippen LogP contribution in [-0.4, -0.2) is 38.0 Å². The quantitative estimate of drug-likeness (QED) is 0.816. The number of carbonyl (C=O) groups excluding carboxylic acids is 2. The Bertz CT molecular complexity index is 629. The lowest BCUT2D eigenvalue weighted by atomic mass is 10.1.